The fourth-order valence-corrected chi connectivity index (χ4v) is 1.96. The van der Waals surface area contributed by atoms with Crippen LogP contribution < -0.4 is 5.32 Å². The zero-order valence-corrected chi connectivity index (χ0v) is 8.64. The summed E-state index contributed by atoms with van der Waals surface area (Å²) in [6.07, 6.45) is 7.21. The fraction of sp³-hybridized carbons (Fsp3) is 0.909. The summed E-state index contributed by atoms with van der Waals surface area (Å²) >= 11 is 0. The van der Waals surface area contributed by atoms with Gasteiger partial charge in [-0.25, -0.2) is 0 Å². The van der Waals surface area contributed by atoms with Crippen LogP contribution in [0.25, 0.3) is 0 Å². The summed E-state index contributed by atoms with van der Waals surface area (Å²) < 4.78 is 0. The maximum absolute atomic E-state index is 11.6. The van der Waals surface area contributed by atoms with Crippen molar-refractivity contribution < 1.29 is 4.79 Å². The second-order valence-corrected chi connectivity index (χ2v) is 3.98. The third-order valence-corrected chi connectivity index (χ3v) is 2.79. The van der Waals surface area contributed by atoms with E-state index < -0.39 is 0 Å². The van der Waals surface area contributed by atoms with Crippen molar-refractivity contribution >= 4 is 5.78 Å². The number of hydrogen-bond donors (Lipinski definition) is 1. The van der Waals surface area contributed by atoms with Gasteiger partial charge in [-0.1, -0.05) is 26.2 Å². The van der Waals surface area contributed by atoms with Crippen LogP contribution >= 0.6 is 0 Å². The molecule has 0 aromatic carbocycles. The van der Waals surface area contributed by atoms with Crippen LogP contribution in [0.2, 0.25) is 0 Å². The molecule has 1 aliphatic rings. The van der Waals surface area contributed by atoms with Crippen molar-refractivity contribution in [1.29, 1.82) is 0 Å². The van der Waals surface area contributed by atoms with Crippen LogP contribution in [-0.2, 0) is 4.79 Å². The number of carbonyl (C=O) groups is 1. The van der Waals surface area contributed by atoms with Crippen LogP contribution in [0.1, 0.15) is 45.4 Å². The summed E-state index contributed by atoms with van der Waals surface area (Å²) in [7, 11) is 0. The smallest absolute Gasteiger partial charge is 0.149 e. The largest absolute Gasteiger partial charge is 0.310 e. The van der Waals surface area contributed by atoms with E-state index in [-0.39, 0.29) is 0 Å². The molecular formula is C11H21NO. The molecular weight excluding hydrogens is 162 g/mol. The van der Waals surface area contributed by atoms with E-state index in [1.165, 1.54) is 19.3 Å². The van der Waals surface area contributed by atoms with Crippen LogP contribution in [-0.4, -0.2) is 18.9 Å². The maximum Gasteiger partial charge on any atom is 0.149 e. The molecule has 1 fully saturated rings. The fourth-order valence-electron chi connectivity index (χ4n) is 1.96. The van der Waals surface area contributed by atoms with Gasteiger partial charge in [0.1, 0.15) is 5.78 Å². The number of carbonyl (C=O) groups excluding carboxylic acids is 1. The van der Waals surface area contributed by atoms with Gasteiger partial charge in [-0.05, 0) is 25.8 Å². The van der Waals surface area contributed by atoms with Crippen molar-refractivity contribution in [3.63, 3.8) is 0 Å². The minimum Gasteiger partial charge on any atom is -0.310 e. The second-order valence-electron chi connectivity index (χ2n) is 3.98. The van der Waals surface area contributed by atoms with Gasteiger partial charge in [0.2, 0.25) is 0 Å². The van der Waals surface area contributed by atoms with Crippen LogP contribution in [0, 0.1) is 5.92 Å². The highest BCUT2D eigenvalue weighted by Gasteiger charge is 2.19. The van der Waals surface area contributed by atoms with Gasteiger partial charge in [0.25, 0.3) is 0 Å². The Bertz CT molecular complexity index is 150. The number of hydrogen-bond acceptors (Lipinski definition) is 2. The molecule has 1 aliphatic carbocycles. The Kier molecular flexibility index (Phi) is 5.06. The third kappa shape index (κ3) is 3.90. The second kappa shape index (κ2) is 6.14. The van der Waals surface area contributed by atoms with E-state index in [1.807, 2.05) is 0 Å². The summed E-state index contributed by atoms with van der Waals surface area (Å²) in [6.45, 7) is 3.69. The van der Waals surface area contributed by atoms with E-state index in [0.29, 0.717) is 18.2 Å². The topological polar surface area (TPSA) is 29.1 Å². The predicted molar refractivity (Wildman–Crippen MR) is 54.7 cm³/mol. The Balaban J connectivity index is 2.13. The van der Waals surface area contributed by atoms with Crippen molar-refractivity contribution in [3.05, 3.63) is 0 Å². The van der Waals surface area contributed by atoms with Crippen molar-refractivity contribution in [3.8, 4) is 0 Å². The number of Topliss-reactive ketones (excluding diaryl/α,β-unsaturated/α-hetero) is 1. The molecule has 0 saturated heterocycles. The van der Waals surface area contributed by atoms with E-state index in [9.17, 15) is 4.79 Å². The molecule has 1 N–H and O–H groups in total. The lowest BCUT2D eigenvalue weighted by atomic mass is 9.86. The molecule has 0 aromatic heterocycles. The Morgan fingerprint density at radius 3 is 2.62 bits per heavy atom. The normalized spacial score (nSPS) is 18.8. The Morgan fingerprint density at radius 1 is 1.31 bits per heavy atom. The number of ketones is 1. The molecule has 0 aliphatic heterocycles. The zero-order valence-electron chi connectivity index (χ0n) is 8.64. The van der Waals surface area contributed by atoms with Gasteiger partial charge in [-0.15, -0.1) is 0 Å². The Hall–Kier alpha value is -0.370. The maximum atomic E-state index is 11.6. The van der Waals surface area contributed by atoms with Crippen molar-refractivity contribution in [2.75, 3.05) is 13.1 Å². The van der Waals surface area contributed by atoms with Crippen molar-refractivity contribution in [1.82, 2.24) is 5.32 Å². The highest BCUT2D eigenvalue weighted by atomic mass is 16.1. The third-order valence-electron chi connectivity index (χ3n) is 2.79. The van der Waals surface area contributed by atoms with Crippen LogP contribution in [0.5, 0.6) is 0 Å². The van der Waals surface area contributed by atoms with E-state index in [4.69, 9.17) is 0 Å². The molecule has 0 heterocycles. The first-order chi connectivity index (χ1) is 6.34. The lowest BCUT2D eigenvalue weighted by Gasteiger charge is -2.20. The van der Waals surface area contributed by atoms with Gasteiger partial charge in [-0.2, -0.15) is 0 Å². The van der Waals surface area contributed by atoms with E-state index in [1.54, 1.807) is 0 Å². The first-order valence-electron chi connectivity index (χ1n) is 5.58. The summed E-state index contributed by atoms with van der Waals surface area (Å²) in [6, 6.07) is 0. The van der Waals surface area contributed by atoms with Crippen molar-refractivity contribution in [2.45, 2.75) is 45.4 Å². The van der Waals surface area contributed by atoms with E-state index >= 15 is 0 Å². The highest BCUT2D eigenvalue weighted by molar-refractivity contribution is 5.82. The Labute approximate surface area is 81.1 Å². The molecule has 0 amide bonds. The molecule has 2 heteroatoms. The SMILES string of the molecule is CCCNCC(=O)C1CCCCC1. The van der Waals surface area contributed by atoms with Gasteiger partial charge in [-0.3, -0.25) is 4.79 Å². The minimum atomic E-state index is 0.373. The standard InChI is InChI=1S/C11H21NO/c1-2-8-12-9-11(13)10-6-4-3-5-7-10/h10,12H,2-9H2,1H3. The van der Waals surface area contributed by atoms with Gasteiger partial charge in [0, 0.05) is 5.92 Å². The van der Waals surface area contributed by atoms with Gasteiger partial charge >= 0.3 is 0 Å². The van der Waals surface area contributed by atoms with Gasteiger partial charge in [0.15, 0.2) is 0 Å². The van der Waals surface area contributed by atoms with Crippen LogP contribution in [0.4, 0.5) is 0 Å². The van der Waals surface area contributed by atoms with Crippen LogP contribution in [0.15, 0.2) is 0 Å². The molecule has 0 aromatic rings. The molecule has 1 rings (SSSR count). The monoisotopic (exact) mass is 183 g/mol. The molecule has 2 nitrogen and oxygen atoms in total. The highest BCUT2D eigenvalue weighted by Crippen LogP contribution is 2.23. The molecule has 0 spiro atoms. The Morgan fingerprint density at radius 2 is 2.00 bits per heavy atom. The summed E-state index contributed by atoms with van der Waals surface area (Å²) in [5.74, 6) is 0.811. The average Bonchev–Trinajstić information content (AvgIpc) is 2.19. The summed E-state index contributed by atoms with van der Waals surface area (Å²) in [5.41, 5.74) is 0. The van der Waals surface area contributed by atoms with Gasteiger partial charge in [0.05, 0.1) is 6.54 Å². The summed E-state index contributed by atoms with van der Waals surface area (Å²) in [4.78, 5) is 11.6. The van der Waals surface area contributed by atoms with E-state index in [0.717, 1.165) is 25.8 Å². The molecule has 76 valence electrons. The summed E-state index contributed by atoms with van der Waals surface area (Å²) in [5, 5.41) is 3.18. The van der Waals surface area contributed by atoms with E-state index in [2.05, 4.69) is 12.2 Å². The molecule has 0 bridgehead atoms. The molecule has 0 radical (unpaired) electrons. The molecule has 1 saturated carbocycles. The first kappa shape index (κ1) is 10.7. The lowest BCUT2D eigenvalue weighted by molar-refractivity contribution is -0.122. The molecule has 0 atom stereocenters. The quantitative estimate of drug-likeness (QED) is 0.662. The number of rotatable bonds is 5. The lowest BCUT2D eigenvalue weighted by Crippen LogP contribution is -2.29. The molecule has 13 heavy (non-hydrogen) atoms. The van der Waals surface area contributed by atoms with Crippen LogP contribution in [0.3, 0.4) is 0 Å². The van der Waals surface area contributed by atoms with Gasteiger partial charge < -0.3 is 5.32 Å². The first-order valence-corrected chi connectivity index (χ1v) is 5.58. The zero-order chi connectivity index (χ0) is 9.52. The predicted octanol–water partition coefficient (Wildman–Crippen LogP) is 2.14. The molecule has 0 unspecified atom stereocenters. The average molecular weight is 183 g/mol. The van der Waals surface area contributed by atoms with Crippen molar-refractivity contribution in [2.24, 2.45) is 5.92 Å². The minimum absolute atomic E-state index is 0.373. The number of nitrogens with one attached hydrogen (secondary N) is 1.